The van der Waals surface area contributed by atoms with Crippen molar-refractivity contribution >= 4 is 35.4 Å². The Kier molecular flexibility index (Phi) is 10.0. The molecule has 0 nitrogen and oxygen atoms in total. The lowest BCUT2D eigenvalue weighted by molar-refractivity contribution is -0.00000514. The number of hydrogen-bond acceptors (Lipinski definition) is 0. The quantitative estimate of drug-likeness (QED) is 0.318. The highest BCUT2D eigenvalue weighted by Crippen LogP contribution is 2.32. The SMILES string of the molecule is ClCc1ccccc1.[Br-].c1ccc([PH+](c2ccccc2)c2ccccc2)cc1. The first-order valence-electron chi connectivity index (χ1n) is 9.01. The molecule has 3 heteroatoms. The van der Waals surface area contributed by atoms with E-state index in [9.17, 15) is 0 Å². The van der Waals surface area contributed by atoms with E-state index in [1.54, 1.807) is 0 Å². The summed E-state index contributed by atoms with van der Waals surface area (Å²) in [5, 5.41) is 4.31. The van der Waals surface area contributed by atoms with E-state index in [1.807, 2.05) is 30.3 Å². The first kappa shape index (κ1) is 22.4. The third-order valence-electron chi connectivity index (χ3n) is 4.18. The summed E-state index contributed by atoms with van der Waals surface area (Å²) >= 11 is 5.53. The molecule has 142 valence electrons. The maximum atomic E-state index is 5.53. The summed E-state index contributed by atoms with van der Waals surface area (Å²) in [5.74, 6) is 0.612. The van der Waals surface area contributed by atoms with E-state index in [0.29, 0.717) is 5.88 Å². The smallest absolute Gasteiger partial charge is 0.102 e. The number of halogens is 2. The molecule has 0 saturated carbocycles. The second-order valence-electron chi connectivity index (χ2n) is 6.09. The number of benzene rings is 4. The fourth-order valence-electron chi connectivity index (χ4n) is 2.88. The molecule has 0 aromatic heterocycles. The molecule has 0 amide bonds. The molecule has 0 unspecified atom stereocenters. The Hall–Kier alpha value is -1.92. The van der Waals surface area contributed by atoms with Crippen molar-refractivity contribution in [1.29, 1.82) is 0 Å². The highest BCUT2D eigenvalue weighted by molar-refractivity contribution is 7.79. The molecular weight excluding hydrogens is 447 g/mol. The maximum absolute atomic E-state index is 5.53. The highest BCUT2D eigenvalue weighted by Gasteiger charge is 2.24. The molecule has 0 aliphatic carbocycles. The molecule has 0 radical (unpaired) electrons. The zero-order valence-electron chi connectivity index (χ0n) is 15.5. The maximum Gasteiger partial charge on any atom is 0.102 e. The lowest BCUT2D eigenvalue weighted by Gasteiger charge is -2.10. The molecular formula is C25H23BrClP. The van der Waals surface area contributed by atoms with Crippen LogP contribution < -0.4 is 32.9 Å². The van der Waals surface area contributed by atoms with Gasteiger partial charge in [-0.15, -0.1) is 11.6 Å². The van der Waals surface area contributed by atoms with Crippen LogP contribution in [0.3, 0.4) is 0 Å². The van der Waals surface area contributed by atoms with Gasteiger partial charge in [-0.3, -0.25) is 0 Å². The fraction of sp³-hybridized carbons (Fsp3) is 0.0400. The first-order chi connectivity index (χ1) is 13.4. The lowest BCUT2D eigenvalue weighted by atomic mass is 10.2. The summed E-state index contributed by atoms with van der Waals surface area (Å²) in [4.78, 5) is 0. The molecule has 4 aromatic carbocycles. The molecule has 0 saturated heterocycles. The summed E-state index contributed by atoms with van der Waals surface area (Å²) in [6, 6.07) is 42.5. The summed E-state index contributed by atoms with van der Waals surface area (Å²) in [7, 11) is -0.877. The van der Waals surface area contributed by atoms with Crippen LogP contribution in [-0.4, -0.2) is 0 Å². The zero-order valence-corrected chi connectivity index (χ0v) is 18.9. The molecule has 0 N–H and O–H groups in total. The minimum atomic E-state index is -0.877. The van der Waals surface area contributed by atoms with Crippen molar-refractivity contribution in [2.24, 2.45) is 0 Å². The molecule has 0 spiro atoms. The van der Waals surface area contributed by atoms with Crippen LogP contribution in [0.5, 0.6) is 0 Å². The number of hydrogen-bond donors (Lipinski definition) is 0. The Balaban J connectivity index is 0.000000264. The van der Waals surface area contributed by atoms with Gasteiger partial charge in [0, 0.05) is 5.88 Å². The van der Waals surface area contributed by atoms with Gasteiger partial charge >= 0.3 is 0 Å². The van der Waals surface area contributed by atoms with Crippen LogP contribution in [-0.2, 0) is 5.88 Å². The number of alkyl halides is 1. The monoisotopic (exact) mass is 468 g/mol. The van der Waals surface area contributed by atoms with E-state index >= 15 is 0 Å². The van der Waals surface area contributed by atoms with Gasteiger partial charge < -0.3 is 17.0 Å². The Labute approximate surface area is 184 Å². The van der Waals surface area contributed by atoms with Crippen molar-refractivity contribution in [3.05, 3.63) is 127 Å². The van der Waals surface area contributed by atoms with Crippen LogP contribution in [0.1, 0.15) is 5.56 Å². The Bertz CT molecular complexity index is 806. The standard InChI is InChI=1S/C18H15P.C7H7Cl.BrH/c1-4-10-16(11-5-1)19(17-12-6-2-7-13-17)18-14-8-3-9-15-18;8-6-7-4-2-1-3-5-7;/h1-15H;1-5H,6H2;1H. The minimum Gasteiger partial charge on any atom is -1.00 e. The topological polar surface area (TPSA) is 0 Å². The van der Waals surface area contributed by atoms with Gasteiger partial charge in [0.2, 0.25) is 0 Å². The van der Waals surface area contributed by atoms with Gasteiger partial charge in [0.25, 0.3) is 0 Å². The second-order valence-corrected chi connectivity index (χ2v) is 8.84. The summed E-state index contributed by atoms with van der Waals surface area (Å²) < 4.78 is 0. The van der Waals surface area contributed by atoms with Gasteiger partial charge in [-0.05, 0) is 42.0 Å². The molecule has 4 rings (SSSR count). The first-order valence-corrected chi connectivity index (χ1v) is 11.0. The largest absolute Gasteiger partial charge is 1.00 e. The van der Waals surface area contributed by atoms with E-state index < -0.39 is 7.92 Å². The van der Waals surface area contributed by atoms with Crippen LogP contribution in [0.25, 0.3) is 0 Å². The average Bonchev–Trinajstić information content (AvgIpc) is 2.77. The van der Waals surface area contributed by atoms with Gasteiger partial charge in [-0.2, -0.15) is 0 Å². The normalized spacial score (nSPS) is 9.79. The van der Waals surface area contributed by atoms with Gasteiger partial charge in [-0.1, -0.05) is 84.9 Å². The minimum absolute atomic E-state index is 0. The van der Waals surface area contributed by atoms with Crippen LogP contribution >= 0.6 is 19.5 Å². The third-order valence-corrected chi connectivity index (χ3v) is 7.23. The average molecular weight is 470 g/mol. The Morgan fingerprint density at radius 3 is 1.00 bits per heavy atom. The number of rotatable bonds is 4. The van der Waals surface area contributed by atoms with Gasteiger partial charge in [-0.25, -0.2) is 0 Å². The lowest BCUT2D eigenvalue weighted by Crippen LogP contribution is -3.00. The molecule has 0 atom stereocenters. The van der Waals surface area contributed by atoms with Crippen molar-refractivity contribution in [1.82, 2.24) is 0 Å². The predicted octanol–water partition coefficient (Wildman–Crippen LogP) is 2.61. The zero-order chi connectivity index (χ0) is 18.7. The van der Waals surface area contributed by atoms with Crippen LogP contribution in [0.4, 0.5) is 0 Å². The van der Waals surface area contributed by atoms with Crippen LogP contribution in [0.15, 0.2) is 121 Å². The van der Waals surface area contributed by atoms with Crippen molar-refractivity contribution in [2.45, 2.75) is 5.88 Å². The molecule has 0 aliphatic heterocycles. The van der Waals surface area contributed by atoms with E-state index in [0.717, 1.165) is 0 Å². The third kappa shape index (κ3) is 6.60. The second kappa shape index (κ2) is 12.5. The molecule has 28 heavy (non-hydrogen) atoms. The van der Waals surface area contributed by atoms with Crippen molar-refractivity contribution in [2.75, 3.05) is 0 Å². The van der Waals surface area contributed by atoms with E-state index in [1.165, 1.54) is 21.5 Å². The van der Waals surface area contributed by atoms with Crippen LogP contribution in [0.2, 0.25) is 0 Å². The summed E-state index contributed by atoms with van der Waals surface area (Å²) in [6.45, 7) is 0. The Morgan fingerprint density at radius 2 is 0.750 bits per heavy atom. The van der Waals surface area contributed by atoms with Crippen molar-refractivity contribution in [3.63, 3.8) is 0 Å². The van der Waals surface area contributed by atoms with Gasteiger partial charge in [0.1, 0.15) is 15.9 Å². The van der Waals surface area contributed by atoms with Crippen LogP contribution in [0, 0.1) is 0 Å². The molecule has 0 fully saturated rings. The molecule has 0 bridgehead atoms. The van der Waals surface area contributed by atoms with E-state index in [4.69, 9.17) is 11.6 Å². The molecule has 0 heterocycles. The van der Waals surface area contributed by atoms with Crippen molar-refractivity contribution < 1.29 is 17.0 Å². The summed E-state index contributed by atoms with van der Waals surface area (Å²) in [5.41, 5.74) is 1.18. The Morgan fingerprint density at radius 1 is 0.464 bits per heavy atom. The van der Waals surface area contributed by atoms with E-state index in [2.05, 4.69) is 91.0 Å². The van der Waals surface area contributed by atoms with Gasteiger partial charge in [0.15, 0.2) is 0 Å². The predicted molar refractivity (Wildman–Crippen MR) is 123 cm³/mol. The fourth-order valence-corrected chi connectivity index (χ4v) is 5.64. The van der Waals surface area contributed by atoms with Crippen molar-refractivity contribution in [3.8, 4) is 0 Å². The molecule has 0 aliphatic rings. The summed E-state index contributed by atoms with van der Waals surface area (Å²) in [6.07, 6.45) is 0. The van der Waals surface area contributed by atoms with Gasteiger partial charge in [0.05, 0.1) is 7.92 Å². The molecule has 4 aromatic rings. The highest BCUT2D eigenvalue weighted by atomic mass is 79.9. The van der Waals surface area contributed by atoms with E-state index in [-0.39, 0.29) is 17.0 Å².